The van der Waals surface area contributed by atoms with Gasteiger partial charge in [-0.05, 0) is 23.6 Å². The molecule has 0 aliphatic rings. The molecule has 0 radical (unpaired) electrons. The first-order valence-electron chi connectivity index (χ1n) is 6.47. The first kappa shape index (κ1) is 13.1. The van der Waals surface area contributed by atoms with Crippen LogP contribution in [0.15, 0.2) is 54.7 Å². The number of ether oxygens (including phenoxy) is 1. The van der Waals surface area contributed by atoms with Crippen molar-refractivity contribution in [1.82, 2.24) is 4.98 Å². The molecule has 1 heterocycles. The molecule has 3 rings (SSSR count). The van der Waals surface area contributed by atoms with Gasteiger partial charge < -0.3 is 9.84 Å². The first-order valence-corrected chi connectivity index (χ1v) is 6.47. The Balaban J connectivity index is 2.33. The molecule has 0 amide bonds. The van der Waals surface area contributed by atoms with Gasteiger partial charge in [0, 0.05) is 17.1 Å². The summed E-state index contributed by atoms with van der Waals surface area (Å²) in [6.07, 6.45) is 1.58. The molecule has 1 N–H and O–H groups in total. The van der Waals surface area contributed by atoms with Gasteiger partial charge in [-0.15, -0.1) is 0 Å². The van der Waals surface area contributed by atoms with Crippen LogP contribution in [0, 0.1) is 0 Å². The first-order chi connectivity index (χ1) is 10.2. The Labute approximate surface area is 121 Å². The van der Waals surface area contributed by atoms with E-state index in [-0.39, 0.29) is 5.56 Å². The van der Waals surface area contributed by atoms with Crippen molar-refractivity contribution in [2.24, 2.45) is 0 Å². The van der Waals surface area contributed by atoms with Gasteiger partial charge in [0.25, 0.3) is 0 Å². The second-order valence-electron chi connectivity index (χ2n) is 4.57. The van der Waals surface area contributed by atoms with E-state index in [1.54, 1.807) is 25.4 Å². The number of carboxylic acid groups (broad SMARTS) is 1. The minimum atomic E-state index is -1.01. The molecular weight excluding hydrogens is 266 g/mol. The predicted octanol–water partition coefficient (Wildman–Crippen LogP) is 3.61. The lowest BCUT2D eigenvalue weighted by Gasteiger charge is -2.12. The van der Waals surface area contributed by atoms with Crippen LogP contribution >= 0.6 is 0 Å². The average molecular weight is 279 g/mol. The molecule has 0 saturated carbocycles. The molecule has 0 atom stereocenters. The standard InChI is InChI=1S/C17H13NO3/c1-21-16-12-6-3-2-5-11(12)8-9-13(16)15-14(17(19)20)7-4-10-18-15/h2-10H,1H3,(H,19,20). The van der Waals surface area contributed by atoms with Crippen molar-refractivity contribution in [2.45, 2.75) is 0 Å². The molecule has 0 spiro atoms. The summed E-state index contributed by atoms with van der Waals surface area (Å²) in [4.78, 5) is 15.6. The van der Waals surface area contributed by atoms with E-state index in [1.807, 2.05) is 36.4 Å². The number of methoxy groups -OCH3 is 1. The maximum Gasteiger partial charge on any atom is 0.337 e. The number of carboxylic acids is 1. The predicted molar refractivity (Wildman–Crippen MR) is 80.7 cm³/mol. The molecule has 4 nitrogen and oxygen atoms in total. The van der Waals surface area contributed by atoms with E-state index in [2.05, 4.69) is 4.98 Å². The van der Waals surface area contributed by atoms with Crippen molar-refractivity contribution in [1.29, 1.82) is 0 Å². The molecule has 21 heavy (non-hydrogen) atoms. The summed E-state index contributed by atoms with van der Waals surface area (Å²) in [5.41, 5.74) is 1.24. The van der Waals surface area contributed by atoms with Crippen molar-refractivity contribution >= 4 is 16.7 Å². The minimum absolute atomic E-state index is 0.158. The molecule has 104 valence electrons. The summed E-state index contributed by atoms with van der Waals surface area (Å²) in [6, 6.07) is 14.7. The Morgan fingerprint density at radius 3 is 2.67 bits per heavy atom. The number of nitrogens with zero attached hydrogens (tertiary/aromatic N) is 1. The number of benzene rings is 2. The van der Waals surface area contributed by atoms with Crippen LogP contribution < -0.4 is 4.74 Å². The van der Waals surface area contributed by atoms with Gasteiger partial charge in [0.05, 0.1) is 18.4 Å². The lowest BCUT2D eigenvalue weighted by molar-refractivity contribution is 0.0697. The Morgan fingerprint density at radius 1 is 1.10 bits per heavy atom. The van der Waals surface area contributed by atoms with E-state index in [9.17, 15) is 9.90 Å². The third-order valence-electron chi connectivity index (χ3n) is 3.38. The number of carbonyl (C=O) groups is 1. The Bertz CT molecular complexity index is 827. The zero-order valence-corrected chi connectivity index (χ0v) is 11.4. The van der Waals surface area contributed by atoms with E-state index in [4.69, 9.17) is 4.74 Å². The maximum atomic E-state index is 11.4. The molecule has 4 heteroatoms. The number of aromatic carboxylic acids is 1. The fourth-order valence-corrected chi connectivity index (χ4v) is 2.44. The highest BCUT2D eigenvalue weighted by Gasteiger charge is 2.17. The second-order valence-corrected chi connectivity index (χ2v) is 4.57. The highest BCUT2D eigenvalue weighted by atomic mass is 16.5. The third-order valence-corrected chi connectivity index (χ3v) is 3.38. The molecular formula is C17H13NO3. The molecule has 2 aromatic carbocycles. The van der Waals surface area contributed by atoms with Gasteiger partial charge in [-0.3, -0.25) is 4.98 Å². The number of aromatic nitrogens is 1. The van der Waals surface area contributed by atoms with Crippen molar-refractivity contribution in [3.05, 3.63) is 60.3 Å². The Morgan fingerprint density at radius 2 is 1.90 bits per heavy atom. The van der Waals surface area contributed by atoms with E-state index < -0.39 is 5.97 Å². The molecule has 0 fully saturated rings. The van der Waals surface area contributed by atoms with E-state index in [0.29, 0.717) is 17.0 Å². The van der Waals surface area contributed by atoms with Crippen molar-refractivity contribution in [3.63, 3.8) is 0 Å². The van der Waals surface area contributed by atoms with Gasteiger partial charge in [-0.25, -0.2) is 4.79 Å². The summed E-state index contributed by atoms with van der Waals surface area (Å²) in [5, 5.41) is 11.3. The zero-order chi connectivity index (χ0) is 14.8. The maximum absolute atomic E-state index is 11.4. The van der Waals surface area contributed by atoms with Crippen LogP contribution in [-0.4, -0.2) is 23.2 Å². The van der Waals surface area contributed by atoms with E-state index in [1.165, 1.54) is 0 Å². The van der Waals surface area contributed by atoms with Gasteiger partial charge in [0.1, 0.15) is 5.75 Å². The number of fused-ring (bicyclic) bond motifs is 1. The lowest BCUT2D eigenvalue weighted by atomic mass is 10.00. The Kier molecular flexibility index (Phi) is 3.28. The smallest absolute Gasteiger partial charge is 0.337 e. The van der Waals surface area contributed by atoms with Crippen LogP contribution in [0.3, 0.4) is 0 Å². The third kappa shape index (κ3) is 2.21. The Hall–Kier alpha value is -2.88. The van der Waals surface area contributed by atoms with Crippen LogP contribution in [-0.2, 0) is 0 Å². The molecule has 3 aromatic rings. The second kappa shape index (κ2) is 5.25. The highest BCUT2D eigenvalue weighted by Crippen LogP contribution is 2.37. The quantitative estimate of drug-likeness (QED) is 0.795. The fraction of sp³-hybridized carbons (Fsp3) is 0.0588. The van der Waals surface area contributed by atoms with Crippen molar-refractivity contribution in [3.8, 4) is 17.0 Å². The highest BCUT2D eigenvalue weighted by molar-refractivity contribution is 6.00. The molecule has 0 unspecified atom stereocenters. The van der Waals surface area contributed by atoms with Crippen molar-refractivity contribution < 1.29 is 14.6 Å². The van der Waals surface area contributed by atoms with Gasteiger partial charge >= 0.3 is 5.97 Å². The van der Waals surface area contributed by atoms with E-state index in [0.717, 1.165) is 10.8 Å². The number of hydrogen-bond donors (Lipinski definition) is 1. The number of rotatable bonds is 3. The van der Waals surface area contributed by atoms with Crippen LogP contribution in [0.2, 0.25) is 0 Å². The molecule has 1 aromatic heterocycles. The topological polar surface area (TPSA) is 59.4 Å². The summed E-state index contributed by atoms with van der Waals surface area (Å²) in [6.45, 7) is 0. The normalized spacial score (nSPS) is 10.5. The van der Waals surface area contributed by atoms with Crippen LogP contribution in [0.1, 0.15) is 10.4 Å². The largest absolute Gasteiger partial charge is 0.495 e. The monoisotopic (exact) mass is 279 g/mol. The zero-order valence-electron chi connectivity index (χ0n) is 11.4. The van der Waals surface area contributed by atoms with Gasteiger partial charge in [-0.2, -0.15) is 0 Å². The molecule has 0 aliphatic heterocycles. The van der Waals surface area contributed by atoms with Crippen LogP contribution in [0.4, 0.5) is 0 Å². The van der Waals surface area contributed by atoms with Crippen LogP contribution in [0.5, 0.6) is 5.75 Å². The summed E-state index contributed by atoms with van der Waals surface area (Å²) < 4.78 is 5.51. The fourth-order valence-electron chi connectivity index (χ4n) is 2.44. The summed E-state index contributed by atoms with van der Waals surface area (Å²) >= 11 is 0. The van der Waals surface area contributed by atoms with Crippen LogP contribution in [0.25, 0.3) is 22.0 Å². The molecule has 0 aliphatic carbocycles. The average Bonchev–Trinajstić information content (AvgIpc) is 2.53. The number of pyridine rings is 1. The summed E-state index contributed by atoms with van der Waals surface area (Å²) in [5.74, 6) is -0.373. The molecule has 0 saturated heterocycles. The minimum Gasteiger partial charge on any atom is -0.495 e. The van der Waals surface area contributed by atoms with Crippen molar-refractivity contribution in [2.75, 3.05) is 7.11 Å². The summed E-state index contributed by atoms with van der Waals surface area (Å²) in [7, 11) is 1.58. The van der Waals surface area contributed by atoms with Gasteiger partial charge in [0.15, 0.2) is 0 Å². The molecule has 0 bridgehead atoms. The van der Waals surface area contributed by atoms with E-state index >= 15 is 0 Å². The number of hydrogen-bond acceptors (Lipinski definition) is 3. The SMILES string of the molecule is COc1c(-c2ncccc2C(=O)O)ccc2ccccc12. The van der Waals surface area contributed by atoms with Gasteiger partial charge in [-0.1, -0.05) is 30.3 Å². The van der Waals surface area contributed by atoms with Gasteiger partial charge in [0.2, 0.25) is 0 Å². The lowest BCUT2D eigenvalue weighted by Crippen LogP contribution is -2.02.